The lowest BCUT2D eigenvalue weighted by Gasteiger charge is -2.15. The van der Waals surface area contributed by atoms with E-state index in [1.54, 1.807) is 6.07 Å². The summed E-state index contributed by atoms with van der Waals surface area (Å²) in [6.45, 7) is 6.53. The molecule has 0 spiro atoms. The molecule has 2 amide bonds. The first-order chi connectivity index (χ1) is 8.04. The highest BCUT2D eigenvalue weighted by Gasteiger charge is 2.35. The number of carbonyl (C=O) groups is 2. The number of nitrogens with zero attached hydrogens (tertiary/aromatic N) is 1. The lowest BCUT2D eigenvalue weighted by molar-refractivity contribution is 0.0636. The second-order valence-electron chi connectivity index (χ2n) is 4.85. The molecule has 0 N–H and O–H groups in total. The van der Waals surface area contributed by atoms with Crippen LogP contribution in [-0.4, -0.2) is 23.3 Å². The molecule has 17 heavy (non-hydrogen) atoms. The quantitative estimate of drug-likeness (QED) is 0.749. The van der Waals surface area contributed by atoms with Crippen LogP contribution in [0.4, 0.5) is 0 Å². The Kier molecular flexibility index (Phi) is 3.01. The van der Waals surface area contributed by atoms with E-state index in [9.17, 15) is 9.59 Å². The molecule has 3 nitrogen and oxygen atoms in total. The Labute approximate surface area is 101 Å². The summed E-state index contributed by atoms with van der Waals surface area (Å²) in [6.07, 6.45) is 0.874. The van der Waals surface area contributed by atoms with Gasteiger partial charge in [0.25, 0.3) is 11.8 Å². The maximum atomic E-state index is 12.1. The fourth-order valence-corrected chi connectivity index (χ4v) is 2.09. The van der Waals surface area contributed by atoms with Gasteiger partial charge < -0.3 is 0 Å². The van der Waals surface area contributed by atoms with Crippen LogP contribution in [-0.2, 0) is 6.42 Å². The number of benzene rings is 1. The minimum absolute atomic E-state index is 0.144. The first kappa shape index (κ1) is 11.8. The number of fused-ring (bicyclic) bond motifs is 1. The molecule has 0 saturated carbocycles. The Hall–Kier alpha value is -1.64. The van der Waals surface area contributed by atoms with Crippen molar-refractivity contribution in [3.63, 3.8) is 0 Å². The van der Waals surface area contributed by atoms with Crippen molar-refractivity contribution in [2.45, 2.75) is 27.2 Å². The molecule has 2 rings (SSSR count). The molecule has 1 heterocycles. The molecule has 0 aliphatic carbocycles. The monoisotopic (exact) mass is 231 g/mol. The molecule has 0 aromatic heterocycles. The number of hydrogen-bond donors (Lipinski definition) is 0. The van der Waals surface area contributed by atoms with Crippen molar-refractivity contribution in [1.29, 1.82) is 0 Å². The van der Waals surface area contributed by atoms with Crippen LogP contribution in [0.15, 0.2) is 18.2 Å². The fraction of sp³-hybridized carbons (Fsp3) is 0.429. The summed E-state index contributed by atoms with van der Waals surface area (Å²) >= 11 is 0. The van der Waals surface area contributed by atoms with E-state index in [2.05, 4.69) is 0 Å². The summed E-state index contributed by atoms with van der Waals surface area (Å²) in [5.74, 6) is -0.00166. The number of aryl methyl sites for hydroxylation is 1. The van der Waals surface area contributed by atoms with Gasteiger partial charge in [-0.1, -0.05) is 26.8 Å². The summed E-state index contributed by atoms with van der Waals surface area (Å²) in [4.78, 5) is 25.5. The highest BCUT2D eigenvalue weighted by molar-refractivity contribution is 6.21. The third kappa shape index (κ3) is 1.97. The van der Waals surface area contributed by atoms with Crippen LogP contribution in [0.25, 0.3) is 0 Å². The van der Waals surface area contributed by atoms with Gasteiger partial charge in [-0.25, -0.2) is 0 Å². The maximum absolute atomic E-state index is 12.1. The van der Waals surface area contributed by atoms with Crippen molar-refractivity contribution in [1.82, 2.24) is 4.90 Å². The molecule has 1 aromatic rings. The Bertz CT molecular complexity index is 477. The smallest absolute Gasteiger partial charge is 0.261 e. The highest BCUT2D eigenvalue weighted by atomic mass is 16.2. The zero-order valence-electron chi connectivity index (χ0n) is 10.5. The molecule has 1 aliphatic rings. The number of amides is 2. The topological polar surface area (TPSA) is 37.4 Å². The van der Waals surface area contributed by atoms with E-state index in [1.165, 1.54) is 4.90 Å². The molecule has 0 fully saturated rings. The Balaban J connectivity index is 2.38. The van der Waals surface area contributed by atoms with Crippen molar-refractivity contribution in [3.05, 3.63) is 34.9 Å². The summed E-state index contributed by atoms with van der Waals surface area (Å²) in [7, 11) is 0. The number of carbonyl (C=O) groups excluding carboxylic acids is 2. The summed E-state index contributed by atoms with van der Waals surface area (Å²) in [5.41, 5.74) is 2.21. The van der Waals surface area contributed by atoms with Gasteiger partial charge in [-0.3, -0.25) is 14.5 Å². The normalized spacial score (nSPS) is 14.7. The average Bonchev–Trinajstić information content (AvgIpc) is 2.53. The van der Waals surface area contributed by atoms with Crippen LogP contribution in [0.2, 0.25) is 0 Å². The zero-order chi connectivity index (χ0) is 12.6. The van der Waals surface area contributed by atoms with Gasteiger partial charge in [0.2, 0.25) is 0 Å². The van der Waals surface area contributed by atoms with Crippen molar-refractivity contribution in [2.24, 2.45) is 5.92 Å². The SMILES string of the molecule is CCc1ccc2c(c1)C(=O)N(CC(C)C)C2=O. The van der Waals surface area contributed by atoms with Gasteiger partial charge in [0.15, 0.2) is 0 Å². The fourth-order valence-electron chi connectivity index (χ4n) is 2.09. The summed E-state index contributed by atoms with van der Waals surface area (Å²) in [6, 6.07) is 5.54. The van der Waals surface area contributed by atoms with Crippen LogP contribution in [0.5, 0.6) is 0 Å². The van der Waals surface area contributed by atoms with Gasteiger partial charge >= 0.3 is 0 Å². The van der Waals surface area contributed by atoms with Gasteiger partial charge in [0.05, 0.1) is 11.1 Å². The molecular weight excluding hydrogens is 214 g/mol. The first-order valence-corrected chi connectivity index (χ1v) is 6.03. The molecule has 0 unspecified atom stereocenters. The minimum Gasteiger partial charge on any atom is -0.274 e. The molecule has 3 heteroatoms. The molecule has 0 radical (unpaired) electrons. The largest absolute Gasteiger partial charge is 0.274 e. The van der Waals surface area contributed by atoms with E-state index in [0.29, 0.717) is 23.6 Å². The maximum Gasteiger partial charge on any atom is 0.261 e. The third-order valence-corrected chi connectivity index (χ3v) is 2.99. The number of imide groups is 1. The Morgan fingerprint density at radius 2 is 1.76 bits per heavy atom. The lowest BCUT2D eigenvalue weighted by Crippen LogP contribution is -2.33. The number of hydrogen-bond acceptors (Lipinski definition) is 2. The van der Waals surface area contributed by atoms with Crippen LogP contribution < -0.4 is 0 Å². The summed E-state index contributed by atoms with van der Waals surface area (Å²) in [5, 5.41) is 0. The third-order valence-electron chi connectivity index (χ3n) is 2.99. The van der Waals surface area contributed by atoms with Crippen LogP contribution in [0.3, 0.4) is 0 Å². The van der Waals surface area contributed by atoms with E-state index in [-0.39, 0.29) is 11.8 Å². The van der Waals surface area contributed by atoms with Gasteiger partial charge in [-0.15, -0.1) is 0 Å². The predicted molar refractivity (Wildman–Crippen MR) is 66.0 cm³/mol. The standard InChI is InChI=1S/C14H17NO2/c1-4-10-5-6-11-12(7-10)14(17)15(13(11)16)8-9(2)3/h5-7,9H,4,8H2,1-3H3. The van der Waals surface area contributed by atoms with E-state index in [4.69, 9.17) is 0 Å². The molecule has 0 saturated heterocycles. The highest BCUT2D eigenvalue weighted by Crippen LogP contribution is 2.24. The molecule has 0 bridgehead atoms. The molecule has 90 valence electrons. The number of rotatable bonds is 3. The van der Waals surface area contributed by atoms with Gasteiger partial charge in [0, 0.05) is 6.54 Å². The van der Waals surface area contributed by atoms with E-state index in [0.717, 1.165) is 12.0 Å². The van der Waals surface area contributed by atoms with Crippen molar-refractivity contribution >= 4 is 11.8 Å². The Morgan fingerprint density at radius 3 is 2.35 bits per heavy atom. The molecular formula is C14H17NO2. The molecule has 0 atom stereocenters. The zero-order valence-corrected chi connectivity index (χ0v) is 10.5. The van der Waals surface area contributed by atoms with E-state index < -0.39 is 0 Å². The van der Waals surface area contributed by atoms with Gasteiger partial charge in [0.1, 0.15) is 0 Å². The second kappa shape index (κ2) is 4.32. The Morgan fingerprint density at radius 1 is 1.12 bits per heavy atom. The molecule has 1 aliphatic heterocycles. The van der Waals surface area contributed by atoms with Crippen molar-refractivity contribution in [2.75, 3.05) is 6.54 Å². The first-order valence-electron chi connectivity index (χ1n) is 6.03. The molecule has 1 aromatic carbocycles. The van der Waals surface area contributed by atoms with Crippen LogP contribution >= 0.6 is 0 Å². The van der Waals surface area contributed by atoms with Crippen molar-refractivity contribution < 1.29 is 9.59 Å². The van der Waals surface area contributed by atoms with E-state index >= 15 is 0 Å². The minimum atomic E-state index is -0.152. The predicted octanol–water partition coefficient (Wildman–Crippen LogP) is 2.50. The van der Waals surface area contributed by atoms with Crippen molar-refractivity contribution in [3.8, 4) is 0 Å². The van der Waals surface area contributed by atoms with Crippen LogP contribution in [0.1, 0.15) is 47.1 Å². The van der Waals surface area contributed by atoms with Crippen LogP contribution in [0, 0.1) is 5.92 Å². The second-order valence-corrected chi connectivity index (χ2v) is 4.85. The van der Waals surface area contributed by atoms with Gasteiger partial charge in [-0.05, 0) is 30.0 Å². The van der Waals surface area contributed by atoms with Gasteiger partial charge in [-0.2, -0.15) is 0 Å². The lowest BCUT2D eigenvalue weighted by atomic mass is 10.0. The van der Waals surface area contributed by atoms with E-state index in [1.807, 2.05) is 32.9 Å². The average molecular weight is 231 g/mol. The summed E-state index contributed by atoms with van der Waals surface area (Å²) < 4.78 is 0.